The van der Waals surface area contributed by atoms with Gasteiger partial charge in [-0.15, -0.1) is 0 Å². The van der Waals surface area contributed by atoms with Crippen molar-refractivity contribution in [3.63, 3.8) is 0 Å². The summed E-state index contributed by atoms with van der Waals surface area (Å²) in [6, 6.07) is 0. The average Bonchev–Trinajstić information content (AvgIpc) is 3.23. The van der Waals surface area contributed by atoms with E-state index in [4.69, 9.17) is 9.72 Å². The summed E-state index contributed by atoms with van der Waals surface area (Å²) in [5.74, 6) is 2.57. The average molecular weight is 375 g/mol. The summed E-state index contributed by atoms with van der Waals surface area (Å²) in [4.78, 5) is 9.38. The monoisotopic (exact) mass is 375 g/mol. The standard InChI is InChI=1S/C14H22IN3O/c1-3-8-16-14-12(15)13(10-5-6-10)17-11(18-14)7-9-19-4-2/h10H,3-9H2,1-2H3,(H,16,17,18). The van der Waals surface area contributed by atoms with Gasteiger partial charge in [0.25, 0.3) is 0 Å². The van der Waals surface area contributed by atoms with Gasteiger partial charge in [0, 0.05) is 25.5 Å². The molecule has 0 radical (unpaired) electrons. The number of halogens is 1. The van der Waals surface area contributed by atoms with Crippen LogP contribution in [0.3, 0.4) is 0 Å². The van der Waals surface area contributed by atoms with Gasteiger partial charge in [0.05, 0.1) is 15.9 Å². The largest absolute Gasteiger partial charge is 0.381 e. The van der Waals surface area contributed by atoms with Crippen molar-refractivity contribution in [2.75, 3.05) is 25.1 Å². The van der Waals surface area contributed by atoms with Crippen LogP contribution in [0.5, 0.6) is 0 Å². The molecule has 1 aromatic rings. The highest BCUT2D eigenvalue weighted by Crippen LogP contribution is 2.42. The van der Waals surface area contributed by atoms with Crippen molar-refractivity contribution < 1.29 is 4.74 Å². The number of anilines is 1. The van der Waals surface area contributed by atoms with Gasteiger partial charge in [-0.3, -0.25) is 0 Å². The predicted molar refractivity (Wildman–Crippen MR) is 85.7 cm³/mol. The Hall–Kier alpha value is -0.430. The topological polar surface area (TPSA) is 47.0 Å². The molecular weight excluding hydrogens is 353 g/mol. The normalized spacial score (nSPS) is 14.7. The maximum atomic E-state index is 5.40. The second-order valence-electron chi connectivity index (χ2n) is 4.84. The highest BCUT2D eigenvalue weighted by Gasteiger charge is 2.29. The Kier molecular flexibility index (Phi) is 5.81. The molecule has 0 saturated heterocycles. The lowest BCUT2D eigenvalue weighted by Gasteiger charge is -2.12. The van der Waals surface area contributed by atoms with E-state index in [0.29, 0.717) is 12.5 Å². The highest BCUT2D eigenvalue weighted by atomic mass is 127. The van der Waals surface area contributed by atoms with Crippen LogP contribution >= 0.6 is 22.6 Å². The Bertz CT molecular complexity index is 421. The first-order chi connectivity index (χ1) is 9.26. The van der Waals surface area contributed by atoms with Crippen LogP contribution in [-0.2, 0) is 11.2 Å². The minimum absolute atomic E-state index is 0.655. The van der Waals surface area contributed by atoms with Crippen LogP contribution in [0.25, 0.3) is 0 Å². The van der Waals surface area contributed by atoms with Gasteiger partial charge in [-0.2, -0.15) is 0 Å². The first kappa shape index (κ1) is 15.0. The summed E-state index contributed by atoms with van der Waals surface area (Å²) in [5.41, 5.74) is 1.24. The van der Waals surface area contributed by atoms with Crippen LogP contribution in [0.4, 0.5) is 5.82 Å². The van der Waals surface area contributed by atoms with Crippen LogP contribution in [-0.4, -0.2) is 29.7 Å². The zero-order valence-electron chi connectivity index (χ0n) is 11.7. The van der Waals surface area contributed by atoms with Crippen LogP contribution in [0.1, 0.15) is 50.5 Å². The molecule has 0 unspecified atom stereocenters. The van der Waals surface area contributed by atoms with E-state index < -0.39 is 0 Å². The van der Waals surface area contributed by atoms with Crippen molar-refractivity contribution in [3.8, 4) is 0 Å². The van der Waals surface area contributed by atoms with Crippen LogP contribution < -0.4 is 5.32 Å². The number of aromatic nitrogens is 2. The van der Waals surface area contributed by atoms with Gasteiger partial charge in [-0.1, -0.05) is 6.92 Å². The molecule has 1 aromatic heterocycles. The molecule has 1 fully saturated rings. The van der Waals surface area contributed by atoms with Gasteiger partial charge in [0.15, 0.2) is 0 Å². The molecule has 1 N–H and O–H groups in total. The molecule has 0 amide bonds. The maximum Gasteiger partial charge on any atom is 0.143 e. The Morgan fingerprint density at radius 1 is 1.32 bits per heavy atom. The fraction of sp³-hybridized carbons (Fsp3) is 0.714. The van der Waals surface area contributed by atoms with Crippen LogP contribution in [0, 0.1) is 3.57 Å². The highest BCUT2D eigenvalue weighted by molar-refractivity contribution is 14.1. The van der Waals surface area contributed by atoms with E-state index >= 15 is 0 Å². The molecule has 0 spiro atoms. The molecular formula is C14H22IN3O. The zero-order valence-corrected chi connectivity index (χ0v) is 13.9. The summed E-state index contributed by atoms with van der Waals surface area (Å²) in [7, 11) is 0. The molecule has 19 heavy (non-hydrogen) atoms. The summed E-state index contributed by atoms with van der Waals surface area (Å²) < 4.78 is 6.60. The second-order valence-corrected chi connectivity index (χ2v) is 5.91. The molecule has 106 valence electrons. The van der Waals surface area contributed by atoms with Gasteiger partial charge >= 0.3 is 0 Å². The number of hydrogen-bond donors (Lipinski definition) is 1. The van der Waals surface area contributed by atoms with Crippen LogP contribution in [0.2, 0.25) is 0 Å². The quantitative estimate of drug-likeness (QED) is 0.559. The number of rotatable bonds is 8. The Morgan fingerprint density at radius 3 is 2.74 bits per heavy atom. The zero-order chi connectivity index (χ0) is 13.7. The fourth-order valence-electron chi connectivity index (χ4n) is 1.92. The van der Waals surface area contributed by atoms with E-state index in [1.54, 1.807) is 0 Å². The van der Waals surface area contributed by atoms with E-state index in [0.717, 1.165) is 37.6 Å². The second kappa shape index (κ2) is 7.38. The molecule has 1 aliphatic carbocycles. The lowest BCUT2D eigenvalue weighted by Crippen LogP contribution is -2.12. The maximum absolute atomic E-state index is 5.40. The first-order valence-electron chi connectivity index (χ1n) is 7.14. The summed E-state index contributed by atoms with van der Waals surface area (Å²) in [6.45, 7) is 6.59. The molecule has 0 aliphatic heterocycles. The molecule has 1 heterocycles. The van der Waals surface area contributed by atoms with Crippen molar-refractivity contribution in [2.24, 2.45) is 0 Å². The predicted octanol–water partition coefficient (Wildman–Crippen LogP) is 3.36. The fourth-order valence-corrected chi connectivity index (χ4v) is 2.79. The van der Waals surface area contributed by atoms with E-state index in [1.165, 1.54) is 22.1 Å². The molecule has 0 bridgehead atoms. The van der Waals surface area contributed by atoms with Crippen LogP contribution in [0.15, 0.2) is 0 Å². The van der Waals surface area contributed by atoms with E-state index in [1.807, 2.05) is 6.92 Å². The molecule has 0 atom stereocenters. The molecule has 4 nitrogen and oxygen atoms in total. The summed E-state index contributed by atoms with van der Waals surface area (Å²) in [6.07, 6.45) is 4.44. The summed E-state index contributed by atoms with van der Waals surface area (Å²) in [5, 5.41) is 3.42. The van der Waals surface area contributed by atoms with Crippen molar-refractivity contribution in [1.29, 1.82) is 0 Å². The Labute approximate surface area is 128 Å². The van der Waals surface area contributed by atoms with E-state index in [2.05, 4.69) is 39.8 Å². The smallest absolute Gasteiger partial charge is 0.143 e. The number of nitrogens with zero attached hydrogens (tertiary/aromatic N) is 2. The van der Waals surface area contributed by atoms with Gasteiger partial charge in [-0.05, 0) is 48.8 Å². The third-order valence-corrected chi connectivity index (χ3v) is 4.17. The lowest BCUT2D eigenvalue weighted by atomic mass is 10.2. The van der Waals surface area contributed by atoms with Crippen molar-refractivity contribution in [1.82, 2.24) is 9.97 Å². The molecule has 0 aromatic carbocycles. The van der Waals surface area contributed by atoms with Crippen molar-refractivity contribution in [2.45, 2.75) is 45.4 Å². The Balaban J connectivity index is 2.15. The van der Waals surface area contributed by atoms with E-state index in [-0.39, 0.29) is 0 Å². The minimum Gasteiger partial charge on any atom is -0.381 e. The first-order valence-corrected chi connectivity index (χ1v) is 8.22. The van der Waals surface area contributed by atoms with Gasteiger partial charge < -0.3 is 10.1 Å². The lowest BCUT2D eigenvalue weighted by molar-refractivity contribution is 0.149. The summed E-state index contributed by atoms with van der Waals surface area (Å²) >= 11 is 2.38. The van der Waals surface area contributed by atoms with Crippen molar-refractivity contribution >= 4 is 28.4 Å². The van der Waals surface area contributed by atoms with Gasteiger partial charge in [0.2, 0.25) is 0 Å². The van der Waals surface area contributed by atoms with Gasteiger partial charge in [-0.25, -0.2) is 9.97 Å². The third-order valence-electron chi connectivity index (χ3n) is 3.10. The SMILES string of the molecule is CCCNc1nc(CCOCC)nc(C2CC2)c1I. The third kappa shape index (κ3) is 4.27. The number of hydrogen-bond acceptors (Lipinski definition) is 4. The molecule has 1 aliphatic rings. The van der Waals surface area contributed by atoms with Gasteiger partial charge in [0.1, 0.15) is 11.6 Å². The minimum atomic E-state index is 0.655. The molecule has 5 heteroatoms. The Morgan fingerprint density at radius 2 is 2.11 bits per heavy atom. The number of ether oxygens (including phenoxy) is 1. The number of nitrogens with one attached hydrogen (secondary N) is 1. The van der Waals surface area contributed by atoms with E-state index in [9.17, 15) is 0 Å². The van der Waals surface area contributed by atoms with Crippen molar-refractivity contribution in [3.05, 3.63) is 15.1 Å². The molecule has 1 saturated carbocycles. The molecule has 2 rings (SSSR count).